The van der Waals surface area contributed by atoms with Crippen LogP contribution in [0.5, 0.6) is 0 Å². The third-order valence-corrected chi connectivity index (χ3v) is 12.5. The third-order valence-electron chi connectivity index (χ3n) is 12.5. The molecule has 0 spiro atoms. The van der Waals surface area contributed by atoms with E-state index in [1.807, 2.05) is 0 Å². The van der Waals surface area contributed by atoms with Gasteiger partial charge in [-0.3, -0.25) is 0 Å². The Hall–Kier alpha value is -3.78. The fraction of sp³-hybridized carbons (Fsp3) is 0.323. The van der Waals surface area contributed by atoms with Crippen molar-refractivity contribution in [2.75, 3.05) is 0 Å². The van der Waals surface area contributed by atoms with E-state index in [0.29, 0.717) is 35.5 Å². The van der Waals surface area contributed by atoms with Crippen molar-refractivity contribution in [3.05, 3.63) is 179 Å². The van der Waals surface area contributed by atoms with Crippen LogP contribution in [0.4, 0.5) is 0 Å². The van der Waals surface area contributed by atoms with Gasteiger partial charge in [0.25, 0.3) is 0 Å². The summed E-state index contributed by atoms with van der Waals surface area (Å²) in [5.41, 5.74) is 19.3. The minimum absolute atomic E-state index is 0.477. The molecule has 66 heavy (non-hydrogen) atoms. The van der Waals surface area contributed by atoms with E-state index in [2.05, 4.69) is 242 Å². The van der Waals surface area contributed by atoms with E-state index in [-0.39, 0.29) is 0 Å². The number of rotatable bonds is 10. The van der Waals surface area contributed by atoms with Crippen molar-refractivity contribution in [1.29, 1.82) is 0 Å². The average Bonchev–Trinajstić information content (AvgIpc) is 3.95. The van der Waals surface area contributed by atoms with Crippen LogP contribution in [0.15, 0.2) is 146 Å². The van der Waals surface area contributed by atoms with Crippen molar-refractivity contribution in [3.63, 3.8) is 0 Å². The summed E-state index contributed by atoms with van der Waals surface area (Å²) in [6.45, 7) is 31.9. The molecule has 0 saturated carbocycles. The van der Waals surface area contributed by atoms with E-state index >= 15 is 0 Å². The molecular weight excluding hydrogens is 935 g/mol. The van der Waals surface area contributed by atoms with Gasteiger partial charge in [0, 0.05) is 9.52 Å². The van der Waals surface area contributed by atoms with E-state index < -0.39 is 20.8 Å². The molecule has 0 saturated heterocycles. The zero-order valence-corrected chi connectivity index (χ0v) is 47.0. The molecule has 0 aliphatic carbocycles. The van der Waals surface area contributed by atoms with Gasteiger partial charge in [-0.15, -0.1) is 69.1 Å². The van der Waals surface area contributed by atoms with Crippen LogP contribution in [0, 0.1) is 0 Å². The van der Waals surface area contributed by atoms with Gasteiger partial charge in [0.05, 0.1) is 0 Å². The van der Waals surface area contributed by atoms with Gasteiger partial charge < -0.3 is 0 Å². The van der Waals surface area contributed by atoms with Crippen LogP contribution < -0.4 is 0 Å². The fourth-order valence-electron chi connectivity index (χ4n) is 8.77. The molecule has 8 aromatic rings. The Balaban J connectivity index is 0.000000221. The van der Waals surface area contributed by atoms with Gasteiger partial charge in [-0.2, -0.15) is 0 Å². The second kappa shape index (κ2) is 25.0. The van der Waals surface area contributed by atoms with Gasteiger partial charge in [-0.25, -0.2) is 0 Å². The number of benzene rings is 6. The third kappa shape index (κ3) is 13.3. The molecule has 8 rings (SSSR count). The SMILES string of the molecule is CC(C)c1cc(-c2c(C(C)C)ccc3[cH-]c(-c4ccccc4)cc23)cc(C(C)C)c1.CC(C)c1cc(-c2c(C(C)C)ccc3[cH-]c(-c4ccccc4)cc23)cc(C(C)C)c1.C[Si]C.[Cl][Zr+2][Cl]. The maximum absolute atomic E-state index is 4.93. The summed E-state index contributed by atoms with van der Waals surface area (Å²) < 4.78 is 0. The molecule has 0 fully saturated rings. The summed E-state index contributed by atoms with van der Waals surface area (Å²) in [6, 6.07) is 54.7. The Morgan fingerprint density at radius 2 is 0.667 bits per heavy atom. The summed E-state index contributed by atoms with van der Waals surface area (Å²) in [5, 5.41) is 5.40. The van der Waals surface area contributed by atoms with Crippen molar-refractivity contribution in [2.24, 2.45) is 0 Å². The molecule has 0 amide bonds. The van der Waals surface area contributed by atoms with Crippen LogP contribution in [0.1, 0.15) is 152 Å². The predicted octanol–water partition coefficient (Wildman–Crippen LogP) is 20.7. The Bertz CT molecular complexity index is 2510. The van der Waals surface area contributed by atoms with Crippen LogP contribution in [-0.2, 0) is 20.8 Å². The van der Waals surface area contributed by atoms with Crippen LogP contribution in [0.25, 0.3) is 66.1 Å². The van der Waals surface area contributed by atoms with Crippen LogP contribution in [0.3, 0.4) is 0 Å². The fourth-order valence-corrected chi connectivity index (χ4v) is 8.77. The molecule has 0 bridgehead atoms. The summed E-state index contributed by atoms with van der Waals surface area (Å²) in [6.07, 6.45) is 0. The summed E-state index contributed by atoms with van der Waals surface area (Å²) in [4.78, 5) is 0. The molecular formula is C62H72Cl2SiZr. The quantitative estimate of drug-likeness (QED) is 0.0946. The van der Waals surface area contributed by atoms with Crippen LogP contribution in [-0.4, -0.2) is 9.52 Å². The number of hydrogen-bond acceptors (Lipinski definition) is 0. The normalized spacial score (nSPS) is 11.2. The Morgan fingerprint density at radius 3 is 0.924 bits per heavy atom. The second-order valence-corrected chi connectivity index (χ2v) is 24.3. The van der Waals surface area contributed by atoms with Gasteiger partial charge >= 0.3 is 37.9 Å². The van der Waals surface area contributed by atoms with E-state index in [0.717, 1.165) is 9.52 Å². The molecule has 0 aliphatic rings. The van der Waals surface area contributed by atoms with Crippen LogP contribution in [0.2, 0.25) is 13.1 Å². The number of halogens is 2. The van der Waals surface area contributed by atoms with Crippen LogP contribution >= 0.6 is 17.0 Å². The van der Waals surface area contributed by atoms with Gasteiger partial charge in [0.1, 0.15) is 0 Å². The topological polar surface area (TPSA) is 0 Å². The van der Waals surface area contributed by atoms with E-state index in [4.69, 9.17) is 17.0 Å². The van der Waals surface area contributed by atoms with Crippen molar-refractivity contribution < 1.29 is 20.8 Å². The predicted molar refractivity (Wildman–Crippen MR) is 295 cm³/mol. The van der Waals surface area contributed by atoms with Gasteiger partial charge in [0.15, 0.2) is 0 Å². The van der Waals surface area contributed by atoms with Crippen molar-refractivity contribution in [1.82, 2.24) is 0 Å². The first-order valence-corrected chi connectivity index (χ1v) is 32.3. The Labute approximate surface area is 420 Å². The average molecular weight is 1010 g/mol. The molecule has 0 aliphatic heterocycles. The summed E-state index contributed by atoms with van der Waals surface area (Å²) in [7, 11) is 11.0. The van der Waals surface area contributed by atoms with Gasteiger partial charge in [-0.1, -0.05) is 228 Å². The first-order chi connectivity index (χ1) is 31.5. The van der Waals surface area contributed by atoms with Crippen molar-refractivity contribution >= 4 is 48.1 Å². The molecule has 0 N–H and O–H groups in total. The molecule has 4 heteroatoms. The molecule has 342 valence electrons. The second-order valence-electron chi connectivity index (χ2n) is 19.6. The monoisotopic (exact) mass is 1000 g/mol. The molecule has 0 heterocycles. The van der Waals surface area contributed by atoms with Gasteiger partial charge in [0.2, 0.25) is 0 Å². The minimum atomic E-state index is -0.826. The molecule has 2 radical (unpaired) electrons. The van der Waals surface area contributed by atoms with Crippen molar-refractivity contribution in [2.45, 2.75) is 132 Å². The van der Waals surface area contributed by atoms with E-state index in [1.165, 1.54) is 99.4 Å². The first-order valence-electron chi connectivity index (χ1n) is 24.0. The molecule has 8 aromatic carbocycles. The molecule has 0 unspecified atom stereocenters. The van der Waals surface area contributed by atoms with Crippen molar-refractivity contribution in [3.8, 4) is 44.5 Å². The first kappa shape index (κ1) is 53.2. The Morgan fingerprint density at radius 1 is 0.379 bits per heavy atom. The molecule has 0 atom stereocenters. The maximum atomic E-state index is 4.93. The zero-order chi connectivity index (χ0) is 48.2. The molecule has 0 nitrogen and oxygen atoms in total. The number of hydrogen-bond donors (Lipinski definition) is 0. The van der Waals surface area contributed by atoms with Gasteiger partial charge in [-0.05, 0) is 80.0 Å². The van der Waals surface area contributed by atoms with E-state index in [1.54, 1.807) is 0 Å². The number of fused-ring (bicyclic) bond motifs is 2. The Kier molecular flexibility index (Phi) is 20.2. The molecule has 0 aromatic heterocycles. The standard InChI is InChI=1S/2C30H33.C2H6Si.2ClH.Zr/c2*1-19(2)24-15-25(20(3)4)17-27(16-24)30-28(21(5)6)13-12-23-14-26(18-29(23)30)22-10-8-7-9-11-22;1-3-2;;;/h2*7-21H,1-6H3;1-2H3;2*1H;/q2*-1;;;;+4/p-2. The van der Waals surface area contributed by atoms with E-state index in [9.17, 15) is 0 Å². The summed E-state index contributed by atoms with van der Waals surface area (Å²) in [5.74, 6) is 3.02. The zero-order valence-electron chi connectivity index (χ0n) is 42.1. The summed E-state index contributed by atoms with van der Waals surface area (Å²) >= 11 is -0.826.